The van der Waals surface area contributed by atoms with E-state index in [2.05, 4.69) is 16.0 Å². The van der Waals surface area contributed by atoms with Gasteiger partial charge >= 0.3 is 6.03 Å². The Morgan fingerprint density at radius 1 is 1.11 bits per heavy atom. The minimum absolute atomic E-state index is 0.0878. The van der Waals surface area contributed by atoms with Crippen molar-refractivity contribution >= 4 is 23.7 Å². The molecule has 35 heavy (non-hydrogen) atoms. The summed E-state index contributed by atoms with van der Waals surface area (Å²) in [5.74, 6) is 0.860. The fourth-order valence-electron chi connectivity index (χ4n) is 3.39. The van der Waals surface area contributed by atoms with Crippen molar-refractivity contribution in [2.45, 2.75) is 36.9 Å². The van der Waals surface area contributed by atoms with E-state index in [9.17, 15) is 9.59 Å². The van der Waals surface area contributed by atoms with E-state index >= 15 is 0 Å². The predicted octanol–water partition coefficient (Wildman–Crippen LogP) is 1.65. The Morgan fingerprint density at radius 2 is 1.74 bits per heavy atom. The van der Waals surface area contributed by atoms with Gasteiger partial charge in [-0.1, -0.05) is 19.1 Å². The molecule has 4 atom stereocenters. The van der Waals surface area contributed by atoms with Crippen LogP contribution in [0.25, 0.3) is 0 Å². The fraction of sp³-hybridized carbons (Fsp3) is 0.667. The zero-order valence-corrected chi connectivity index (χ0v) is 21.7. The summed E-state index contributed by atoms with van der Waals surface area (Å²) in [6, 6.07) is 7.23. The Hall–Kier alpha value is -2.05. The highest BCUT2D eigenvalue weighted by Gasteiger charge is 2.31. The molecule has 0 bridgehead atoms. The molecule has 1 aliphatic heterocycles. The molecule has 0 saturated carbocycles. The Bertz CT molecular complexity index is 754. The van der Waals surface area contributed by atoms with Crippen molar-refractivity contribution in [1.82, 2.24) is 16.0 Å². The lowest BCUT2D eigenvalue weighted by molar-refractivity contribution is -0.121. The van der Waals surface area contributed by atoms with Crippen molar-refractivity contribution < 1.29 is 28.5 Å². The second-order valence-electron chi connectivity index (χ2n) is 8.29. The number of amides is 3. The second-order valence-corrected chi connectivity index (χ2v) is 9.64. The average Bonchev–Trinajstić information content (AvgIpc) is 2.86. The first-order valence-electron chi connectivity index (χ1n) is 12.0. The highest BCUT2D eigenvalue weighted by Crippen LogP contribution is 2.27. The molecule has 1 aliphatic rings. The lowest BCUT2D eigenvalue weighted by Crippen LogP contribution is -2.53. The number of carbonyl (C=O) groups is 2. The van der Waals surface area contributed by atoms with Gasteiger partial charge in [-0.15, -0.1) is 11.8 Å². The van der Waals surface area contributed by atoms with E-state index in [0.717, 1.165) is 11.3 Å². The average molecular weight is 513 g/mol. The first kappa shape index (κ1) is 29.2. The smallest absolute Gasteiger partial charge is 0.315 e. The number of hydrogen-bond donors (Lipinski definition) is 4. The number of hydrogen-bond acceptors (Lipinski definition) is 8. The molecule has 1 fully saturated rings. The molecular weight excluding hydrogens is 472 g/mol. The van der Waals surface area contributed by atoms with Crippen molar-refractivity contribution in [3.8, 4) is 5.75 Å². The molecule has 1 saturated heterocycles. The van der Waals surface area contributed by atoms with Crippen LogP contribution in [0.15, 0.2) is 24.3 Å². The van der Waals surface area contributed by atoms with Crippen LogP contribution in [-0.2, 0) is 19.0 Å². The van der Waals surface area contributed by atoms with Crippen LogP contribution in [0.3, 0.4) is 0 Å². The Kier molecular flexibility index (Phi) is 13.8. The second kappa shape index (κ2) is 16.6. The largest absolute Gasteiger partial charge is 0.497 e. The number of rotatable bonds is 17. The van der Waals surface area contributed by atoms with Crippen LogP contribution in [0.2, 0.25) is 0 Å². The summed E-state index contributed by atoms with van der Waals surface area (Å²) in [5.41, 5.74) is 6.35. The summed E-state index contributed by atoms with van der Waals surface area (Å²) in [4.78, 5) is 25.0. The molecule has 0 radical (unpaired) electrons. The van der Waals surface area contributed by atoms with Gasteiger partial charge in [0.2, 0.25) is 5.91 Å². The van der Waals surface area contributed by atoms with E-state index in [-0.39, 0.29) is 34.5 Å². The Morgan fingerprint density at radius 3 is 2.37 bits per heavy atom. The van der Waals surface area contributed by atoms with Gasteiger partial charge in [-0.3, -0.25) is 4.79 Å². The maximum absolute atomic E-state index is 13.2. The minimum Gasteiger partial charge on any atom is -0.497 e. The molecule has 1 heterocycles. The number of carbonyl (C=O) groups excluding carboxylic acids is 2. The quantitative estimate of drug-likeness (QED) is 0.232. The maximum atomic E-state index is 13.2. The summed E-state index contributed by atoms with van der Waals surface area (Å²) in [6.45, 7) is 7.85. The summed E-state index contributed by atoms with van der Waals surface area (Å²) in [5, 5.41) is 8.28. The van der Waals surface area contributed by atoms with Crippen molar-refractivity contribution in [2.24, 2.45) is 11.7 Å². The van der Waals surface area contributed by atoms with Gasteiger partial charge in [0, 0.05) is 25.6 Å². The molecule has 0 aliphatic carbocycles. The molecule has 5 N–H and O–H groups in total. The van der Waals surface area contributed by atoms with Crippen LogP contribution in [0, 0.1) is 5.92 Å². The Labute approximate surface area is 212 Å². The van der Waals surface area contributed by atoms with Gasteiger partial charge in [0.15, 0.2) is 0 Å². The van der Waals surface area contributed by atoms with Gasteiger partial charge in [-0.25, -0.2) is 4.79 Å². The standard InChI is InChI=1S/C24H40N4O6S/c1-17-16-26-24(30)28-23(17)35-21(8-10-32-12-14-34-15-13-33-11-9-25)22(29)27-18(2)19-4-6-20(31-3)7-5-19/h4-7,17-18,21,23H,8-16,25H2,1-3H3,(H,27,29)(H2,26,28,30)/t17?,18-,21?,23?/m1/s1. The number of nitrogens with one attached hydrogen (secondary N) is 3. The van der Waals surface area contributed by atoms with E-state index in [1.807, 2.05) is 38.1 Å². The van der Waals surface area contributed by atoms with E-state index < -0.39 is 0 Å². The van der Waals surface area contributed by atoms with Crippen molar-refractivity contribution in [3.05, 3.63) is 29.8 Å². The highest BCUT2D eigenvalue weighted by atomic mass is 32.2. The summed E-state index contributed by atoms with van der Waals surface area (Å²) in [7, 11) is 1.62. The van der Waals surface area contributed by atoms with E-state index in [0.29, 0.717) is 59.2 Å². The lowest BCUT2D eigenvalue weighted by atomic mass is 10.1. The molecule has 2 rings (SSSR count). The van der Waals surface area contributed by atoms with E-state index in [1.165, 1.54) is 11.8 Å². The molecule has 1 aromatic carbocycles. The molecule has 11 heteroatoms. The predicted molar refractivity (Wildman–Crippen MR) is 137 cm³/mol. The fourth-order valence-corrected chi connectivity index (χ4v) is 4.70. The molecule has 3 amide bonds. The van der Waals surface area contributed by atoms with E-state index in [4.69, 9.17) is 24.7 Å². The number of urea groups is 1. The first-order valence-corrected chi connectivity index (χ1v) is 13.0. The monoisotopic (exact) mass is 512 g/mol. The SMILES string of the molecule is COc1ccc([C@@H](C)NC(=O)C(CCOCCOCCOCCN)SC2NC(=O)NCC2C)cc1. The third-order valence-corrected chi connectivity index (χ3v) is 7.14. The van der Waals surface area contributed by atoms with Crippen LogP contribution in [-0.4, -0.2) is 82.4 Å². The van der Waals surface area contributed by atoms with Gasteiger partial charge in [0.05, 0.1) is 56.8 Å². The van der Waals surface area contributed by atoms with Gasteiger partial charge in [0.1, 0.15) is 5.75 Å². The summed E-state index contributed by atoms with van der Waals surface area (Å²) in [6.07, 6.45) is 0.512. The third-order valence-electron chi connectivity index (χ3n) is 5.48. The molecule has 198 valence electrons. The number of ether oxygens (including phenoxy) is 4. The van der Waals surface area contributed by atoms with Gasteiger partial charge < -0.3 is 40.6 Å². The number of thioether (sulfide) groups is 1. The number of benzene rings is 1. The topological polar surface area (TPSA) is 133 Å². The lowest BCUT2D eigenvalue weighted by Gasteiger charge is -2.32. The van der Waals surface area contributed by atoms with Crippen LogP contribution >= 0.6 is 11.8 Å². The minimum atomic E-state index is -0.382. The van der Waals surface area contributed by atoms with Crippen molar-refractivity contribution in [2.75, 3.05) is 59.8 Å². The molecule has 0 spiro atoms. The normalized spacial score (nSPS) is 19.4. The van der Waals surface area contributed by atoms with Gasteiger partial charge in [-0.2, -0.15) is 0 Å². The van der Waals surface area contributed by atoms with Crippen LogP contribution in [0.5, 0.6) is 5.75 Å². The zero-order valence-electron chi connectivity index (χ0n) is 20.9. The molecular formula is C24H40N4O6S. The number of nitrogens with two attached hydrogens (primary N) is 1. The molecule has 0 aromatic heterocycles. The van der Waals surface area contributed by atoms with Gasteiger partial charge in [0.25, 0.3) is 0 Å². The summed E-state index contributed by atoms with van der Waals surface area (Å²) < 4.78 is 21.6. The molecule has 10 nitrogen and oxygen atoms in total. The molecule has 1 aromatic rings. The van der Waals surface area contributed by atoms with Crippen LogP contribution < -0.4 is 26.4 Å². The van der Waals surface area contributed by atoms with Crippen LogP contribution in [0.1, 0.15) is 31.9 Å². The first-order chi connectivity index (χ1) is 16.9. The van der Waals surface area contributed by atoms with Crippen molar-refractivity contribution in [3.63, 3.8) is 0 Å². The third kappa shape index (κ3) is 11.0. The van der Waals surface area contributed by atoms with Crippen LogP contribution in [0.4, 0.5) is 4.79 Å². The summed E-state index contributed by atoms with van der Waals surface area (Å²) >= 11 is 1.47. The van der Waals surface area contributed by atoms with Crippen molar-refractivity contribution in [1.29, 1.82) is 0 Å². The maximum Gasteiger partial charge on any atom is 0.315 e. The van der Waals surface area contributed by atoms with Gasteiger partial charge in [-0.05, 0) is 31.0 Å². The molecule has 3 unspecified atom stereocenters. The highest BCUT2D eigenvalue weighted by molar-refractivity contribution is 8.01. The Balaban J connectivity index is 1.85. The van der Waals surface area contributed by atoms with E-state index in [1.54, 1.807) is 7.11 Å². The zero-order chi connectivity index (χ0) is 25.5. The number of methoxy groups -OCH3 is 1.